The smallest absolute Gasteiger partial charge is 0.274 e. The van der Waals surface area contributed by atoms with Crippen LogP contribution in [0.25, 0.3) is 23.0 Å². The van der Waals surface area contributed by atoms with Crippen molar-refractivity contribution < 1.29 is 13.7 Å². The van der Waals surface area contributed by atoms with Gasteiger partial charge in [-0.1, -0.05) is 11.2 Å². The lowest BCUT2D eigenvalue weighted by Crippen LogP contribution is -2.36. The fraction of sp³-hybridized carbons (Fsp3) is 0.222. The first-order valence-electron chi connectivity index (χ1n) is 8.03. The molecule has 0 aliphatic carbocycles. The van der Waals surface area contributed by atoms with Gasteiger partial charge in [-0.25, -0.2) is 4.39 Å². The van der Waals surface area contributed by atoms with Gasteiger partial charge in [-0.15, -0.1) is 0 Å². The van der Waals surface area contributed by atoms with E-state index in [4.69, 9.17) is 4.52 Å². The van der Waals surface area contributed by atoms with E-state index in [1.807, 2.05) is 13.8 Å². The molecule has 0 saturated carbocycles. The number of nitrogens with zero attached hydrogens (tertiary/aromatic N) is 3. The molecule has 1 N–H and O–H groups in total. The SMILES string of the molecule is CC(C)NC(=O)Cn1c(-c2nc(-c3ccc(F)cc3)no2)cccc1=O. The van der Waals surface area contributed by atoms with Crippen LogP contribution in [0.15, 0.2) is 51.8 Å². The first kappa shape index (κ1) is 17.5. The van der Waals surface area contributed by atoms with Crippen molar-refractivity contribution in [3.63, 3.8) is 0 Å². The second-order valence-electron chi connectivity index (χ2n) is 5.99. The average Bonchev–Trinajstić information content (AvgIpc) is 3.06. The summed E-state index contributed by atoms with van der Waals surface area (Å²) in [4.78, 5) is 28.5. The molecule has 0 saturated heterocycles. The molecule has 0 aliphatic heterocycles. The summed E-state index contributed by atoms with van der Waals surface area (Å²) in [6, 6.07) is 10.1. The summed E-state index contributed by atoms with van der Waals surface area (Å²) in [5, 5.41) is 6.60. The molecule has 2 heterocycles. The zero-order valence-electron chi connectivity index (χ0n) is 14.3. The van der Waals surface area contributed by atoms with Crippen LogP contribution in [0.5, 0.6) is 0 Å². The van der Waals surface area contributed by atoms with Crippen molar-refractivity contribution in [3.8, 4) is 23.0 Å². The Labute approximate surface area is 148 Å². The molecule has 2 aromatic heterocycles. The van der Waals surface area contributed by atoms with E-state index in [0.29, 0.717) is 11.3 Å². The van der Waals surface area contributed by atoms with Gasteiger partial charge in [-0.2, -0.15) is 4.98 Å². The van der Waals surface area contributed by atoms with Crippen LogP contribution in [0.4, 0.5) is 4.39 Å². The highest BCUT2D eigenvalue weighted by atomic mass is 19.1. The molecule has 26 heavy (non-hydrogen) atoms. The number of carbonyl (C=O) groups is 1. The van der Waals surface area contributed by atoms with E-state index >= 15 is 0 Å². The third kappa shape index (κ3) is 3.85. The quantitative estimate of drug-likeness (QED) is 0.757. The number of rotatable bonds is 5. The van der Waals surface area contributed by atoms with Gasteiger partial charge in [0, 0.05) is 17.7 Å². The fourth-order valence-corrected chi connectivity index (χ4v) is 2.43. The predicted octanol–water partition coefficient (Wildman–Crippen LogP) is 2.23. The highest BCUT2D eigenvalue weighted by molar-refractivity contribution is 5.76. The van der Waals surface area contributed by atoms with Crippen LogP contribution >= 0.6 is 0 Å². The van der Waals surface area contributed by atoms with Gasteiger partial charge in [0.15, 0.2) is 0 Å². The molecule has 0 aliphatic rings. The van der Waals surface area contributed by atoms with Gasteiger partial charge in [0.05, 0.1) is 0 Å². The number of nitrogens with one attached hydrogen (secondary N) is 1. The molecular formula is C18H17FN4O3. The Hall–Kier alpha value is -3.29. The largest absolute Gasteiger partial charge is 0.352 e. The maximum Gasteiger partial charge on any atom is 0.274 e. The van der Waals surface area contributed by atoms with Gasteiger partial charge in [0.25, 0.3) is 11.4 Å². The van der Waals surface area contributed by atoms with Gasteiger partial charge in [-0.3, -0.25) is 14.2 Å². The molecule has 0 unspecified atom stereocenters. The van der Waals surface area contributed by atoms with Crippen molar-refractivity contribution in [3.05, 3.63) is 58.6 Å². The molecule has 3 aromatic rings. The summed E-state index contributed by atoms with van der Waals surface area (Å²) in [7, 11) is 0. The van der Waals surface area contributed by atoms with E-state index in [1.54, 1.807) is 12.1 Å². The molecule has 1 amide bonds. The van der Waals surface area contributed by atoms with Crippen molar-refractivity contribution in [2.24, 2.45) is 0 Å². The monoisotopic (exact) mass is 356 g/mol. The second-order valence-corrected chi connectivity index (χ2v) is 5.99. The Morgan fingerprint density at radius 1 is 1.23 bits per heavy atom. The lowest BCUT2D eigenvalue weighted by Gasteiger charge is -2.12. The molecule has 0 spiro atoms. The Bertz CT molecular complexity index is 977. The van der Waals surface area contributed by atoms with Crippen LogP contribution in [0, 0.1) is 5.82 Å². The number of hydrogen-bond acceptors (Lipinski definition) is 5. The van der Waals surface area contributed by atoms with Gasteiger partial charge >= 0.3 is 0 Å². The number of halogens is 1. The van der Waals surface area contributed by atoms with Crippen LogP contribution in [0.2, 0.25) is 0 Å². The maximum atomic E-state index is 13.0. The number of hydrogen-bond donors (Lipinski definition) is 1. The van der Waals surface area contributed by atoms with Crippen molar-refractivity contribution in [1.29, 1.82) is 0 Å². The van der Waals surface area contributed by atoms with Gasteiger partial charge in [-0.05, 0) is 44.2 Å². The lowest BCUT2D eigenvalue weighted by atomic mass is 10.2. The molecule has 0 bridgehead atoms. The zero-order valence-corrected chi connectivity index (χ0v) is 14.3. The molecule has 7 nitrogen and oxygen atoms in total. The van der Waals surface area contributed by atoms with Gasteiger partial charge in [0.2, 0.25) is 11.7 Å². The molecule has 0 radical (unpaired) electrons. The summed E-state index contributed by atoms with van der Waals surface area (Å²) in [6.45, 7) is 3.50. The molecule has 0 atom stereocenters. The Kier molecular flexibility index (Phi) is 4.92. The third-order valence-electron chi connectivity index (χ3n) is 3.55. The maximum absolute atomic E-state index is 13.0. The van der Waals surface area contributed by atoms with Crippen LogP contribution in [-0.2, 0) is 11.3 Å². The third-order valence-corrected chi connectivity index (χ3v) is 3.55. The zero-order chi connectivity index (χ0) is 18.7. The van der Waals surface area contributed by atoms with E-state index in [-0.39, 0.29) is 41.6 Å². The van der Waals surface area contributed by atoms with Crippen LogP contribution < -0.4 is 10.9 Å². The Balaban J connectivity index is 1.95. The predicted molar refractivity (Wildman–Crippen MR) is 92.7 cm³/mol. The molecule has 134 valence electrons. The van der Waals surface area contributed by atoms with E-state index in [9.17, 15) is 14.0 Å². The molecule has 8 heteroatoms. The Morgan fingerprint density at radius 3 is 2.65 bits per heavy atom. The fourth-order valence-electron chi connectivity index (χ4n) is 2.43. The van der Waals surface area contributed by atoms with Crippen molar-refractivity contribution >= 4 is 5.91 Å². The highest BCUT2D eigenvalue weighted by Crippen LogP contribution is 2.21. The Morgan fingerprint density at radius 2 is 1.96 bits per heavy atom. The summed E-state index contributed by atoms with van der Waals surface area (Å²) in [6.07, 6.45) is 0. The summed E-state index contributed by atoms with van der Waals surface area (Å²) >= 11 is 0. The van der Waals surface area contributed by atoms with Crippen molar-refractivity contribution in [2.75, 3.05) is 0 Å². The van der Waals surface area contributed by atoms with E-state index in [0.717, 1.165) is 0 Å². The number of aromatic nitrogens is 3. The van der Waals surface area contributed by atoms with Gasteiger partial charge < -0.3 is 9.84 Å². The van der Waals surface area contributed by atoms with Crippen LogP contribution in [-0.4, -0.2) is 26.7 Å². The van der Waals surface area contributed by atoms with E-state index < -0.39 is 0 Å². The van der Waals surface area contributed by atoms with E-state index in [2.05, 4.69) is 15.5 Å². The second kappa shape index (κ2) is 7.30. The van der Waals surface area contributed by atoms with Crippen molar-refractivity contribution in [1.82, 2.24) is 20.0 Å². The number of amides is 1. The molecule has 3 rings (SSSR count). The van der Waals surface area contributed by atoms with Crippen molar-refractivity contribution in [2.45, 2.75) is 26.4 Å². The number of carbonyl (C=O) groups excluding carboxylic acids is 1. The van der Waals surface area contributed by atoms with E-state index in [1.165, 1.54) is 34.9 Å². The molecule has 1 aromatic carbocycles. The summed E-state index contributed by atoms with van der Waals surface area (Å²) < 4.78 is 19.6. The van der Waals surface area contributed by atoms with Crippen LogP contribution in [0.3, 0.4) is 0 Å². The summed E-state index contributed by atoms with van der Waals surface area (Å²) in [5.74, 6) is -0.313. The topological polar surface area (TPSA) is 90.0 Å². The van der Waals surface area contributed by atoms with Crippen LogP contribution in [0.1, 0.15) is 13.8 Å². The number of benzene rings is 1. The van der Waals surface area contributed by atoms with Gasteiger partial charge in [0.1, 0.15) is 18.1 Å². The lowest BCUT2D eigenvalue weighted by molar-refractivity contribution is -0.122. The normalized spacial score (nSPS) is 10.9. The minimum atomic E-state index is -0.370. The highest BCUT2D eigenvalue weighted by Gasteiger charge is 2.17. The first-order valence-corrected chi connectivity index (χ1v) is 8.03. The number of pyridine rings is 1. The minimum absolute atomic E-state index is 0.0427. The average molecular weight is 356 g/mol. The summed E-state index contributed by atoms with van der Waals surface area (Å²) in [5.41, 5.74) is 0.545. The molecule has 0 fully saturated rings. The standard InChI is InChI=1S/C18H17FN4O3/c1-11(2)20-15(24)10-23-14(4-3-5-16(23)25)18-21-17(22-26-18)12-6-8-13(19)9-7-12/h3-9,11H,10H2,1-2H3,(H,20,24). The first-order chi connectivity index (χ1) is 12.4. The molecular weight excluding hydrogens is 339 g/mol. The minimum Gasteiger partial charge on any atom is -0.352 e.